The summed E-state index contributed by atoms with van der Waals surface area (Å²) < 4.78 is 40.0. The van der Waals surface area contributed by atoms with Gasteiger partial charge in [0, 0.05) is 16.9 Å². The van der Waals surface area contributed by atoms with E-state index in [1.54, 1.807) is 18.2 Å². The van der Waals surface area contributed by atoms with Crippen LogP contribution in [0.5, 0.6) is 0 Å². The van der Waals surface area contributed by atoms with E-state index in [0.717, 1.165) is 34.0 Å². The van der Waals surface area contributed by atoms with Crippen LogP contribution in [0.15, 0.2) is 35.6 Å². The van der Waals surface area contributed by atoms with Crippen LogP contribution >= 0.6 is 35.0 Å². The lowest BCUT2D eigenvalue weighted by Gasteiger charge is -2.09. The van der Waals surface area contributed by atoms with E-state index in [-0.39, 0.29) is 27.5 Å². The van der Waals surface area contributed by atoms with Crippen LogP contribution in [0.1, 0.15) is 11.1 Å². The van der Waals surface area contributed by atoms with E-state index in [1.807, 2.05) is 6.92 Å². The van der Waals surface area contributed by atoms with Crippen LogP contribution in [0.2, 0.25) is 10.0 Å². The minimum absolute atomic E-state index is 0.0814. The molecule has 2 aromatic heterocycles. The molecule has 5 nitrogen and oxygen atoms in total. The first-order valence-electron chi connectivity index (χ1n) is 7.45. The zero-order valence-corrected chi connectivity index (χ0v) is 16.0. The van der Waals surface area contributed by atoms with Crippen molar-refractivity contribution >= 4 is 52.2 Å². The predicted molar refractivity (Wildman–Crippen MR) is 98.5 cm³/mol. The molecule has 0 spiro atoms. The Morgan fingerprint density at radius 1 is 1.22 bits per heavy atom. The number of carbonyl (C=O) groups is 1. The molecule has 3 rings (SSSR count). The van der Waals surface area contributed by atoms with Gasteiger partial charge in [0.05, 0.1) is 16.3 Å². The Balaban J connectivity index is 1.75. The van der Waals surface area contributed by atoms with Crippen molar-refractivity contribution in [1.82, 2.24) is 14.6 Å². The molecule has 0 aliphatic heterocycles. The molecule has 0 bridgehead atoms. The second-order valence-electron chi connectivity index (χ2n) is 5.55. The molecule has 11 heteroatoms. The number of pyridine rings is 1. The molecule has 0 atom stereocenters. The van der Waals surface area contributed by atoms with Gasteiger partial charge in [0.15, 0.2) is 10.8 Å². The number of hydrogen-bond donors (Lipinski definition) is 1. The molecule has 0 saturated carbocycles. The molecule has 0 radical (unpaired) electrons. The first kappa shape index (κ1) is 19.8. The summed E-state index contributed by atoms with van der Waals surface area (Å²) >= 11 is 12.8. The Morgan fingerprint density at radius 2 is 1.96 bits per heavy atom. The summed E-state index contributed by atoms with van der Waals surface area (Å²) in [5, 5.41) is 10.7. The van der Waals surface area contributed by atoms with Gasteiger partial charge in [0.2, 0.25) is 5.91 Å². The zero-order chi connectivity index (χ0) is 19.8. The van der Waals surface area contributed by atoms with Crippen molar-refractivity contribution < 1.29 is 18.0 Å². The summed E-state index contributed by atoms with van der Waals surface area (Å²) in [4.78, 5) is 12.1. The molecular weight excluding hydrogens is 424 g/mol. The topological polar surface area (TPSA) is 59.3 Å². The summed E-state index contributed by atoms with van der Waals surface area (Å²) in [6.07, 6.45) is -3.71. The van der Waals surface area contributed by atoms with Crippen molar-refractivity contribution in [3.8, 4) is 0 Å². The van der Waals surface area contributed by atoms with Gasteiger partial charge in [-0.1, -0.05) is 41.0 Å². The summed E-state index contributed by atoms with van der Waals surface area (Å²) in [6, 6.07) is 5.86. The van der Waals surface area contributed by atoms with E-state index in [9.17, 15) is 18.0 Å². The summed E-state index contributed by atoms with van der Waals surface area (Å²) in [7, 11) is 0. The average Bonchev–Trinajstić information content (AvgIpc) is 2.99. The van der Waals surface area contributed by atoms with Gasteiger partial charge in [-0.15, -0.1) is 10.2 Å². The molecule has 0 saturated heterocycles. The number of benzene rings is 1. The number of amides is 1. The SMILES string of the molecule is Cc1ccc(NC(=O)CSc2nnc3c(Cl)cc(C(F)(F)F)cn23)cc1Cl. The third kappa shape index (κ3) is 4.48. The maximum Gasteiger partial charge on any atom is 0.417 e. The van der Waals surface area contributed by atoms with E-state index in [4.69, 9.17) is 23.2 Å². The van der Waals surface area contributed by atoms with Crippen LogP contribution in [0.4, 0.5) is 18.9 Å². The number of alkyl halides is 3. The molecule has 1 aromatic carbocycles. The lowest BCUT2D eigenvalue weighted by molar-refractivity contribution is -0.137. The predicted octanol–water partition coefficient (Wildman–Crippen LogP) is 5.09. The number of fused-ring (bicyclic) bond motifs is 1. The minimum atomic E-state index is -4.56. The highest BCUT2D eigenvalue weighted by Gasteiger charge is 2.32. The highest BCUT2D eigenvalue weighted by Crippen LogP contribution is 2.33. The molecule has 0 aliphatic carbocycles. The van der Waals surface area contributed by atoms with Crippen molar-refractivity contribution in [2.24, 2.45) is 0 Å². The quantitative estimate of drug-likeness (QED) is 0.580. The molecule has 142 valence electrons. The molecule has 1 amide bonds. The Morgan fingerprint density at radius 3 is 2.63 bits per heavy atom. The van der Waals surface area contributed by atoms with E-state index in [1.165, 1.54) is 0 Å². The molecule has 0 unspecified atom stereocenters. The van der Waals surface area contributed by atoms with Gasteiger partial charge in [-0.05, 0) is 30.7 Å². The van der Waals surface area contributed by atoms with Gasteiger partial charge >= 0.3 is 6.18 Å². The average molecular weight is 435 g/mol. The minimum Gasteiger partial charge on any atom is -0.325 e. The lowest BCUT2D eigenvalue weighted by Crippen LogP contribution is -2.14. The maximum absolute atomic E-state index is 13.0. The van der Waals surface area contributed by atoms with Crippen molar-refractivity contribution in [2.75, 3.05) is 11.1 Å². The highest BCUT2D eigenvalue weighted by molar-refractivity contribution is 7.99. The van der Waals surface area contributed by atoms with Gasteiger partial charge in [0.25, 0.3) is 0 Å². The van der Waals surface area contributed by atoms with Crippen molar-refractivity contribution in [3.63, 3.8) is 0 Å². The van der Waals surface area contributed by atoms with Crippen LogP contribution in [0, 0.1) is 6.92 Å². The van der Waals surface area contributed by atoms with E-state index >= 15 is 0 Å². The van der Waals surface area contributed by atoms with Crippen molar-refractivity contribution in [3.05, 3.63) is 51.6 Å². The van der Waals surface area contributed by atoms with Gasteiger partial charge in [-0.2, -0.15) is 13.2 Å². The molecule has 3 aromatic rings. The smallest absolute Gasteiger partial charge is 0.325 e. The van der Waals surface area contributed by atoms with Crippen LogP contribution in [0.25, 0.3) is 5.65 Å². The number of anilines is 1. The van der Waals surface area contributed by atoms with E-state index < -0.39 is 11.7 Å². The van der Waals surface area contributed by atoms with Crippen molar-refractivity contribution in [1.29, 1.82) is 0 Å². The maximum atomic E-state index is 13.0. The lowest BCUT2D eigenvalue weighted by atomic mass is 10.2. The Kier molecular flexibility index (Phi) is 5.55. The number of aromatic nitrogens is 3. The van der Waals surface area contributed by atoms with Crippen LogP contribution < -0.4 is 5.32 Å². The fraction of sp³-hybridized carbons (Fsp3) is 0.188. The molecule has 0 fully saturated rings. The largest absolute Gasteiger partial charge is 0.417 e. The zero-order valence-electron chi connectivity index (χ0n) is 13.6. The molecule has 27 heavy (non-hydrogen) atoms. The Labute approximate surface area is 165 Å². The first-order valence-corrected chi connectivity index (χ1v) is 9.19. The van der Waals surface area contributed by atoms with Crippen molar-refractivity contribution in [2.45, 2.75) is 18.3 Å². The normalized spacial score (nSPS) is 11.8. The van der Waals surface area contributed by atoms with E-state index in [2.05, 4.69) is 15.5 Å². The number of thioether (sulfide) groups is 1. The Hall–Kier alpha value is -1.97. The molecule has 2 heterocycles. The third-order valence-electron chi connectivity index (χ3n) is 3.54. The van der Waals surface area contributed by atoms with Gasteiger partial charge in [-0.25, -0.2) is 0 Å². The summed E-state index contributed by atoms with van der Waals surface area (Å²) in [6.45, 7) is 1.83. The monoisotopic (exact) mass is 434 g/mol. The number of rotatable bonds is 4. The molecule has 1 N–H and O–H groups in total. The fourth-order valence-corrected chi connectivity index (χ4v) is 3.32. The van der Waals surface area contributed by atoms with Gasteiger partial charge in [0.1, 0.15) is 0 Å². The first-order chi connectivity index (χ1) is 12.6. The number of aryl methyl sites for hydroxylation is 1. The molecular formula is C16H11Cl2F3N4OS. The third-order valence-corrected chi connectivity index (χ3v) is 5.17. The van der Waals surface area contributed by atoms with Gasteiger partial charge < -0.3 is 5.32 Å². The second kappa shape index (κ2) is 7.57. The standard InChI is InChI=1S/C16H11Cl2F3N4OS/c1-8-2-3-10(5-11(8)17)22-13(26)7-27-15-24-23-14-12(18)4-9(6-25(14)15)16(19,20)21/h2-6H,7H2,1H3,(H,22,26). The summed E-state index contributed by atoms with van der Waals surface area (Å²) in [5.41, 5.74) is 0.541. The summed E-state index contributed by atoms with van der Waals surface area (Å²) in [5.74, 6) is -0.449. The number of hydrogen-bond acceptors (Lipinski definition) is 4. The number of nitrogens with zero attached hydrogens (tertiary/aromatic N) is 3. The van der Waals surface area contributed by atoms with Gasteiger partial charge in [-0.3, -0.25) is 9.20 Å². The van der Waals surface area contributed by atoms with Crippen LogP contribution in [-0.4, -0.2) is 26.3 Å². The Bertz CT molecular complexity index is 1020. The number of halogens is 5. The molecule has 0 aliphatic rings. The van der Waals surface area contributed by atoms with E-state index in [0.29, 0.717) is 10.7 Å². The van der Waals surface area contributed by atoms with Crippen LogP contribution in [-0.2, 0) is 11.0 Å². The fourth-order valence-electron chi connectivity index (χ4n) is 2.18. The number of nitrogens with one attached hydrogen (secondary N) is 1. The van der Waals surface area contributed by atoms with Crippen LogP contribution in [0.3, 0.4) is 0 Å². The highest BCUT2D eigenvalue weighted by atomic mass is 35.5. The number of carbonyl (C=O) groups excluding carboxylic acids is 1. The second-order valence-corrected chi connectivity index (χ2v) is 7.31.